The minimum Gasteiger partial charge on any atom is -0.310 e. The SMILES string of the molecule is C(#CC1(c2ccc3ccccc3c2)c2ccccc2-c2ccc(N(c3ccccc3)c3ccc(-c4ccccc4)cc3)cc21)c1ccccc1. The topological polar surface area (TPSA) is 3.24 Å². The second-order valence-corrected chi connectivity index (χ2v) is 12.8. The van der Waals surface area contributed by atoms with Gasteiger partial charge in [0.25, 0.3) is 0 Å². The standard InChI is InChI=1S/C49H33N/c1-4-14-36(15-5-1)32-33-49(41-27-24-38-18-10-11-19-40(38)34-41)47-23-13-12-22-45(47)46-31-30-44(35-48(46)49)50(42-20-8-3-9-21-42)43-28-25-39(26-29-43)37-16-6-2-7-17-37/h1-31,34-35H. The molecule has 0 fully saturated rings. The van der Waals surface area contributed by atoms with E-state index in [9.17, 15) is 0 Å². The molecule has 0 bridgehead atoms. The van der Waals surface area contributed by atoms with Crippen LogP contribution < -0.4 is 4.90 Å². The molecule has 0 amide bonds. The predicted octanol–water partition coefficient (Wildman–Crippen LogP) is 12.3. The van der Waals surface area contributed by atoms with Crippen molar-refractivity contribution in [1.29, 1.82) is 0 Å². The number of fused-ring (bicyclic) bond motifs is 4. The number of anilines is 3. The van der Waals surface area contributed by atoms with Gasteiger partial charge in [0.2, 0.25) is 0 Å². The molecule has 1 aliphatic carbocycles. The number of para-hydroxylation sites is 1. The molecule has 1 unspecified atom stereocenters. The first-order valence-corrected chi connectivity index (χ1v) is 17.1. The van der Waals surface area contributed by atoms with Gasteiger partial charge in [0, 0.05) is 22.6 Å². The van der Waals surface area contributed by atoms with Gasteiger partial charge in [0.15, 0.2) is 0 Å². The van der Waals surface area contributed by atoms with Gasteiger partial charge in [-0.25, -0.2) is 0 Å². The molecule has 0 heterocycles. The lowest BCUT2D eigenvalue weighted by molar-refractivity contribution is 0.838. The van der Waals surface area contributed by atoms with E-state index in [1.54, 1.807) is 0 Å². The van der Waals surface area contributed by atoms with Crippen molar-refractivity contribution in [3.63, 3.8) is 0 Å². The third-order valence-electron chi connectivity index (χ3n) is 9.88. The fourth-order valence-electron chi connectivity index (χ4n) is 7.49. The predicted molar refractivity (Wildman–Crippen MR) is 209 cm³/mol. The molecule has 0 saturated carbocycles. The van der Waals surface area contributed by atoms with E-state index in [1.165, 1.54) is 49.7 Å². The highest BCUT2D eigenvalue weighted by atomic mass is 15.1. The van der Waals surface area contributed by atoms with Gasteiger partial charge >= 0.3 is 0 Å². The normalized spacial score (nSPS) is 14.3. The third kappa shape index (κ3) is 5.07. The lowest BCUT2D eigenvalue weighted by atomic mass is 9.72. The minimum absolute atomic E-state index is 0.693. The van der Waals surface area contributed by atoms with Crippen LogP contribution in [0.3, 0.4) is 0 Å². The van der Waals surface area contributed by atoms with Gasteiger partial charge in [-0.15, -0.1) is 0 Å². The first-order valence-electron chi connectivity index (χ1n) is 17.1. The molecule has 1 nitrogen and oxygen atoms in total. The van der Waals surface area contributed by atoms with Gasteiger partial charge in [-0.1, -0.05) is 157 Å². The molecule has 0 spiro atoms. The summed E-state index contributed by atoms with van der Waals surface area (Å²) in [7, 11) is 0. The van der Waals surface area contributed by atoms with E-state index >= 15 is 0 Å². The average molecular weight is 636 g/mol. The molecular formula is C49H33N. The molecule has 234 valence electrons. The van der Waals surface area contributed by atoms with Crippen LogP contribution in [-0.2, 0) is 5.41 Å². The molecule has 1 heteroatoms. The molecular weight excluding hydrogens is 603 g/mol. The summed E-state index contributed by atoms with van der Waals surface area (Å²) < 4.78 is 0. The summed E-state index contributed by atoms with van der Waals surface area (Å²) in [5, 5.41) is 2.43. The Morgan fingerprint density at radius 3 is 1.74 bits per heavy atom. The molecule has 0 saturated heterocycles. The van der Waals surface area contributed by atoms with E-state index in [-0.39, 0.29) is 0 Å². The second kappa shape index (κ2) is 12.4. The van der Waals surface area contributed by atoms with Gasteiger partial charge in [0.05, 0.1) is 0 Å². The maximum atomic E-state index is 3.91. The Kier molecular flexibility index (Phi) is 7.34. The summed E-state index contributed by atoms with van der Waals surface area (Å²) in [6, 6.07) is 71.6. The van der Waals surface area contributed by atoms with Crippen molar-refractivity contribution in [2.24, 2.45) is 0 Å². The van der Waals surface area contributed by atoms with Crippen molar-refractivity contribution in [1.82, 2.24) is 0 Å². The summed E-state index contributed by atoms with van der Waals surface area (Å²) in [4.78, 5) is 2.35. The maximum Gasteiger partial charge on any atom is 0.108 e. The molecule has 8 aromatic rings. The van der Waals surface area contributed by atoms with Crippen molar-refractivity contribution >= 4 is 27.8 Å². The zero-order chi connectivity index (χ0) is 33.3. The fourth-order valence-corrected chi connectivity index (χ4v) is 7.49. The Balaban J connectivity index is 1.28. The zero-order valence-electron chi connectivity index (χ0n) is 27.5. The number of rotatable bonds is 5. The molecule has 0 N–H and O–H groups in total. The highest BCUT2D eigenvalue weighted by Gasteiger charge is 2.44. The Labute approximate surface area is 293 Å². The molecule has 0 aliphatic heterocycles. The molecule has 9 rings (SSSR count). The van der Waals surface area contributed by atoms with Crippen LogP contribution in [-0.4, -0.2) is 0 Å². The van der Waals surface area contributed by atoms with E-state index in [2.05, 4.69) is 211 Å². The average Bonchev–Trinajstić information content (AvgIpc) is 3.48. The number of hydrogen-bond acceptors (Lipinski definition) is 1. The molecule has 1 aliphatic rings. The number of benzene rings is 8. The third-order valence-corrected chi connectivity index (χ3v) is 9.88. The van der Waals surface area contributed by atoms with Crippen molar-refractivity contribution < 1.29 is 0 Å². The second-order valence-electron chi connectivity index (χ2n) is 12.8. The van der Waals surface area contributed by atoms with E-state index in [4.69, 9.17) is 0 Å². The van der Waals surface area contributed by atoms with Crippen molar-refractivity contribution in [3.05, 3.63) is 222 Å². The van der Waals surface area contributed by atoms with Crippen LogP contribution in [0.2, 0.25) is 0 Å². The van der Waals surface area contributed by atoms with E-state index in [0.717, 1.165) is 22.6 Å². The van der Waals surface area contributed by atoms with Crippen LogP contribution in [0.15, 0.2) is 200 Å². The van der Waals surface area contributed by atoms with Crippen molar-refractivity contribution in [3.8, 4) is 34.1 Å². The molecule has 8 aromatic carbocycles. The summed E-state index contributed by atoms with van der Waals surface area (Å²) in [6.07, 6.45) is 0. The van der Waals surface area contributed by atoms with E-state index in [0.29, 0.717) is 0 Å². The van der Waals surface area contributed by atoms with Gasteiger partial charge in [0.1, 0.15) is 5.41 Å². The Morgan fingerprint density at radius 1 is 0.380 bits per heavy atom. The van der Waals surface area contributed by atoms with Crippen LogP contribution in [0.1, 0.15) is 22.3 Å². The summed E-state index contributed by atoms with van der Waals surface area (Å²) in [5.41, 5.74) is 12.0. The maximum absolute atomic E-state index is 3.91. The van der Waals surface area contributed by atoms with Crippen LogP contribution in [0.25, 0.3) is 33.0 Å². The van der Waals surface area contributed by atoms with Gasteiger partial charge in [-0.05, 0) is 104 Å². The van der Waals surface area contributed by atoms with Crippen LogP contribution in [0.4, 0.5) is 17.1 Å². The lowest BCUT2D eigenvalue weighted by Crippen LogP contribution is -2.25. The van der Waals surface area contributed by atoms with Crippen molar-refractivity contribution in [2.75, 3.05) is 4.90 Å². The first-order chi connectivity index (χ1) is 24.8. The van der Waals surface area contributed by atoms with E-state index < -0.39 is 5.41 Å². The highest BCUT2D eigenvalue weighted by Crippen LogP contribution is 2.54. The van der Waals surface area contributed by atoms with Gasteiger partial charge in [-0.3, -0.25) is 0 Å². The first kappa shape index (κ1) is 29.5. The van der Waals surface area contributed by atoms with Gasteiger partial charge < -0.3 is 4.90 Å². The fraction of sp³-hybridized carbons (Fsp3) is 0.0204. The highest BCUT2D eigenvalue weighted by molar-refractivity contribution is 5.91. The van der Waals surface area contributed by atoms with Gasteiger partial charge in [-0.2, -0.15) is 0 Å². The molecule has 50 heavy (non-hydrogen) atoms. The summed E-state index contributed by atoms with van der Waals surface area (Å²) >= 11 is 0. The smallest absolute Gasteiger partial charge is 0.108 e. The van der Waals surface area contributed by atoms with E-state index in [1.807, 2.05) is 6.07 Å². The van der Waals surface area contributed by atoms with Crippen LogP contribution >= 0.6 is 0 Å². The van der Waals surface area contributed by atoms with Crippen LogP contribution in [0, 0.1) is 11.8 Å². The number of hydrogen-bond donors (Lipinski definition) is 0. The van der Waals surface area contributed by atoms with Crippen LogP contribution in [0.5, 0.6) is 0 Å². The zero-order valence-corrected chi connectivity index (χ0v) is 27.5. The molecule has 0 aromatic heterocycles. The Bertz CT molecular complexity index is 2520. The molecule has 1 atom stereocenters. The Morgan fingerprint density at radius 2 is 0.960 bits per heavy atom. The summed E-state index contributed by atoms with van der Waals surface area (Å²) in [5.74, 6) is 7.53. The number of nitrogens with zero attached hydrogens (tertiary/aromatic N) is 1. The summed E-state index contributed by atoms with van der Waals surface area (Å²) in [6.45, 7) is 0. The lowest BCUT2D eigenvalue weighted by Gasteiger charge is -2.30. The largest absolute Gasteiger partial charge is 0.310 e. The monoisotopic (exact) mass is 635 g/mol. The quantitative estimate of drug-likeness (QED) is 0.170. The van der Waals surface area contributed by atoms with Crippen molar-refractivity contribution in [2.45, 2.75) is 5.41 Å². The minimum atomic E-state index is -0.693. The molecule has 0 radical (unpaired) electrons. The Hall–Kier alpha value is -6.62.